The van der Waals surface area contributed by atoms with Crippen LogP contribution in [0, 0.1) is 0 Å². The number of ether oxygens (including phenoxy) is 1. The fraction of sp³-hybridized carbons (Fsp3) is 0.381. The zero-order valence-corrected chi connectivity index (χ0v) is 16.4. The van der Waals surface area contributed by atoms with E-state index < -0.39 is 0 Å². The number of benzene rings is 2. The van der Waals surface area contributed by atoms with Gasteiger partial charge in [-0.25, -0.2) is 0 Å². The number of para-hydroxylation sites is 1. The molecule has 2 aromatic carbocycles. The smallest absolute Gasteiger partial charge is 0.223 e. The Bertz CT molecular complexity index is 664. The molecule has 0 aliphatic carbocycles. The molecule has 4 nitrogen and oxygen atoms in total. The van der Waals surface area contributed by atoms with Gasteiger partial charge in [-0.3, -0.25) is 4.79 Å². The molecule has 142 valence electrons. The minimum atomic E-state index is 0. The van der Waals surface area contributed by atoms with Gasteiger partial charge in [-0.05, 0) is 43.5 Å². The largest absolute Gasteiger partial charge is 0.496 e. The highest BCUT2D eigenvalue weighted by atomic mass is 35.5. The van der Waals surface area contributed by atoms with Gasteiger partial charge in [0, 0.05) is 19.0 Å². The Hall–Kier alpha value is -2.04. The van der Waals surface area contributed by atoms with Crippen LogP contribution in [0.4, 0.5) is 0 Å². The third kappa shape index (κ3) is 6.36. The van der Waals surface area contributed by atoms with Gasteiger partial charge in [0.2, 0.25) is 5.91 Å². The zero-order chi connectivity index (χ0) is 18.1. The van der Waals surface area contributed by atoms with Gasteiger partial charge in [-0.2, -0.15) is 0 Å². The molecule has 2 rings (SSSR count). The van der Waals surface area contributed by atoms with E-state index in [1.54, 1.807) is 7.11 Å². The molecule has 1 amide bonds. The van der Waals surface area contributed by atoms with Crippen LogP contribution in [0.3, 0.4) is 0 Å². The van der Waals surface area contributed by atoms with Gasteiger partial charge in [-0.15, -0.1) is 12.4 Å². The highest BCUT2D eigenvalue weighted by molar-refractivity contribution is 5.85. The summed E-state index contributed by atoms with van der Waals surface area (Å²) in [6, 6.07) is 18.2. The van der Waals surface area contributed by atoms with Crippen LogP contribution in [0.2, 0.25) is 0 Å². The summed E-state index contributed by atoms with van der Waals surface area (Å²) in [6.07, 6.45) is 1.95. The monoisotopic (exact) mass is 376 g/mol. The van der Waals surface area contributed by atoms with Crippen molar-refractivity contribution >= 4 is 18.3 Å². The summed E-state index contributed by atoms with van der Waals surface area (Å²) in [5, 5.41) is 0. The molecule has 0 aliphatic heterocycles. The first-order valence-electron chi connectivity index (χ1n) is 8.81. The molecule has 1 atom stereocenters. The fourth-order valence-electron chi connectivity index (χ4n) is 2.97. The predicted molar refractivity (Wildman–Crippen MR) is 109 cm³/mol. The van der Waals surface area contributed by atoms with Crippen LogP contribution in [0.15, 0.2) is 54.6 Å². The summed E-state index contributed by atoms with van der Waals surface area (Å²) < 4.78 is 5.45. The minimum absolute atomic E-state index is 0. The van der Waals surface area contributed by atoms with E-state index >= 15 is 0 Å². The lowest BCUT2D eigenvalue weighted by Crippen LogP contribution is -2.39. The lowest BCUT2D eigenvalue weighted by molar-refractivity contribution is -0.134. The predicted octanol–water partition coefficient (Wildman–Crippen LogP) is 3.82. The molecule has 0 bridgehead atoms. The SMILES string of the molecule is COc1ccccc1CC(C)N(Cc1ccccc1)C(=O)CCCN.Cl. The van der Waals surface area contributed by atoms with Gasteiger partial charge < -0.3 is 15.4 Å². The second-order valence-corrected chi connectivity index (χ2v) is 6.26. The van der Waals surface area contributed by atoms with Gasteiger partial charge in [-0.1, -0.05) is 48.5 Å². The quantitative estimate of drug-likeness (QED) is 0.723. The van der Waals surface area contributed by atoms with E-state index in [0.29, 0.717) is 25.9 Å². The van der Waals surface area contributed by atoms with Crippen molar-refractivity contribution in [1.82, 2.24) is 4.90 Å². The van der Waals surface area contributed by atoms with E-state index in [0.717, 1.165) is 23.3 Å². The summed E-state index contributed by atoms with van der Waals surface area (Å²) in [7, 11) is 1.68. The Balaban J connectivity index is 0.00000338. The number of hydrogen-bond donors (Lipinski definition) is 1. The minimum Gasteiger partial charge on any atom is -0.496 e. The van der Waals surface area contributed by atoms with E-state index in [9.17, 15) is 4.79 Å². The summed E-state index contributed by atoms with van der Waals surface area (Å²) in [5.74, 6) is 1.01. The second-order valence-electron chi connectivity index (χ2n) is 6.26. The van der Waals surface area contributed by atoms with Crippen molar-refractivity contribution in [1.29, 1.82) is 0 Å². The third-order valence-electron chi connectivity index (χ3n) is 4.35. The van der Waals surface area contributed by atoms with E-state index in [1.807, 2.05) is 41.3 Å². The first-order valence-corrected chi connectivity index (χ1v) is 8.81. The number of amides is 1. The Morgan fingerprint density at radius 1 is 1.12 bits per heavy atom. The van der Waals surface area contributed by atoms with Crippen LogP contribution in [0.5, 0.6) is 5.75 Å². The first kappa shape index (κ1) is 22.0. The molecule has 0 radical (unpaired) electrons. The number of methoxy groups -OCH3 is 1. The van der Waals surface area contributed by atoms with Gasteiger partial charge in [0.1, 0.15) is 5.75 Å². The van der Waals surface area contributed by atoms with Gasteiger partial charge in [0.15, 0.2) is 0 Å². The molecule has 1 unspecified atom stereocenters. The van der Waals surface area contributed by atoms with Crippen molar-refractivity contribution in [3.05, 3.63) is 65.7 Å². The average molecular weight is 377 g/mol. The maximum atomic E-state index is 12.7. The summed E-state index contributed by atoms with van der Waals surface area (Å²) in [4.78, 5) is 14.7. The lowest BCUT2D eigenvalue weighted by Gasteiger charge is -2.30. The molecule has 0 spiro atoms. The van der Waals surface area contributed by atoms with E-state index in [-0.39, 0.29) is 24.4 Å². The molecule has 0 saturated carbocycles. The highest BCUT2D eigenvalue weighted by Gasteiger charge is 2.21. The molecule has 2 N–H and O–H groups in total. The number of halogens is 1. The van der Waals surface area contributed by atoms with Crippen molar-refractivity contribution in [2.75, 3.05) is 13.7 Å². The molecular formula is C21H29ClN2O2. The van der Waals surface area contributed by atoms with Crippen molar-refractivity contribution in [2.24, 2.45) is 5.73 Å². The standard InChI is InChI=1S/C21H28N2O2.ClH/c1-17(15-19-11-6-7-12-20(19)25-2)23(21(24)13-8-14-22)16-18-9-4-3-5-10-18;/h3-7,9-12,17H,8,13-16,22H2,1-2H3;1H. The molecule has 2 aromatic rings. The Morgan fingerprint density at radius 3 is 2.42 bits per heavy atom. The number of nitrogens with two attached hydrogens (primary N) is 1. The van der Waals surface area contributed by atoms with Crippen LogP contribution < -0.4 is 10.5 Å². The molecule has 0 aromatic heterocycles. The normalized spacial score (nSPS) is 11.3. The van der Waals surface area contributed by atoms with Gasteiger partial charge >= 0.3 is 0 Å². The highest BCUT2D eigenvalue weighted by Crippen LogP contribution is 2.22. The van der Waals surface area contributed by atoms with Crippen LogP contribution in [0.25, 0.3) is 0 Å². The second kappa shape index (κ2) is 11.6. The summed E-state index contributed by atoms with van der Waals surface area (Å²) >= 11 is 0. The summed E-state index contributed by atoms with van der Waals surface area (Å²) in [6.45, 7) is 3.24. The summed E-state index contributed by atoms with van der Waals surface area (Å²) in [5.41, 5.74) is 7.83. The van der Waals surface area contributed by atoms with Gasteiger partial charge in [0.25, 0.3) is 0 Å². The number of carbonyl (C=O) groups excluding carboxylic acids is 1. The molecule has 0 fully saturated rings. The molecule has 5 heteroatoms. The maximum absolute atomic E-state index is 12.7. The van der Waals surface area contributed by atoms with Crippen molar-refractivity contribution in [3.63, 3.8) is 0 Å². The first-order chi connectivity index (χ1) is 12.2. The Labute approximate surface area is 162 Å². The van der Waals surface area contributed by atoms with Crippen molar-refractivity contribution < 1.29 is 9.53 Å². The van der Waals surface area contributed by atoms with E-state index in [2.05, 4.69) is 25.1 Å². The Kier molecular flexibility index (Phi) is 9.78. The van der Waals surface area contributed by atoms with Crippen molar-refractivity contribution in [3.8, 4) is 5.75 Å². The molecule has 0 aliphatic rings. The van der Waals surface area contributed by atoms with Crippen LogP contribution in [-0.4, -0.2) is 30.5 Å². The number of rotatable bonds is 9. The van der Waals surface area contributed by atoms with Crippen LogP contribution in [0.1, 0.15) is 30.9 Å². The molecule has 0 heterocycles. The average Bonchev–Trinajstić information content (AvgIpc) is 2.65. The lowest BCUT2D eigenvalue weighted by atomic mass is 10.0. The molecule has 26 heavy (non-hydrogen) atoms. The van der Waals surface area contributed by atoms with E-state index in [4.69, 9.17) is 10.5 Å². The molecular weight excluding hydrogens is 348 g/mol. The Morgan fingerprint density at radius 2 is 1.77 bits per heavy atom. The fourth-order valence-corrected chi connectivity index (χ4v) is 2.97. The molecule has 0 saturated heterocycles. The number of nitrogens with zero attached hydrogens (tertiary/aromatic N) is 1. The van der Waals surface area contributed by atoms with Crippen LogP contribution in [-0.2, 0) is 17.8 Å². The maximum Gasteiger partial charge on any atom is 0.223 e. The van der Waals surface area contributed by atoms with Crippen LogP contribution >= 0.6 is 12.4 Å². The topological polar surface area (TPSA) is 55.6 Å². The number of carbonyl (C=O) groups is 1. The number of hydrogen-bond acceptors (Lipinski definition) is 3. The third-order valence-corrected chi connectivity index (χ3v) is 4.35. The zero-order valence-electron chi connectivity index (χ0n) is 15.6. The van der Waals surface area contributed by atoms with Gasteiger partial charge in [0.05, 0.1) is 7.11 Å². The van der Waals surface area contributed by atoms with E-state index in [1.165, 1.54) is 0 Å². The van der Waals surface area contributed by atoms with Crippen molar-refractivity contribution in [2.45, 2.75) is 38.8 Å².